The summed E-state index contributed by atoms with van der Waals surface area (Å²) in [6.45, 7) is 0. The van der Waals surface area contributed by atoms with E-state index < -0.39 is 4.92 Å². The molecule has 1 aromatic carbocycles. The van der Waals surface area contributed by atoms with Crippen molar-refractivity contribution in [2.24, 2.45) is 5.10 Å². The van der Waals surface area contributed by atoms with E-state index in [-0.39, 0.29) is 11.6 Å². The fourth-order valence-corrected chi connectivity index (χ4v) is 1.51. The Kier molecular flexibility index (Phi) is 3.99. The number of nitrogens with zero attached hydrogens (tertiary/aromatic N) is 2. The van der Waals surface area contributed by atoms with Gasteiger partial charge in [-0.15, -0.1) is 0 Å². The lowest BCUT2D eigenvalue weighted by molar-refractivity contribution is -0.402. The zero-order chi connectivity index (χ0) is 13.7. The van der Waals surface area contributed by atoms with E-state index in [0.717, 1.165) is 5.56 Å². The van der Waals surface area contributed by atoms with Crippen LogP contribution in [0.4, 0.5) is 5.88 Å². The van der Waals surface area contributed by atoms with E-state index >= 15 is 0 Å². The van der Waals surface area contributed by atoms with Crippen LogP contribution in [0.15, 0.2) is 52.0 Å². The quantitative estimate of drug-likeness (QED) is 0.401. The van der Waals surface area contributed by atoms with Crippen LogP contribution >= 0.6 is 12.2 Å². The van der Waals surface area contributed by atoms with Gasteiger partial charge in [0.05, 0.1) is 12.3 Å². The van der Waals surface area contributed by atoms with E-state index in [1.807, 2.05) is 30.3 Å². The van der Waals surface area contributed by atoms with Crippen LogP contribution in [0.25, 0.3) is 0 Å². The standard InChI is InChI=1S/C12H9N3O3S/c16-15(17)11-7-6-10(18-11)8-13-14-12(19)9-4-2-1-3-5-9/h1-8H,(H,14,19)/b13-8+. The van der Waals surface area contributed by atoms with Gasteiger partial charge < -0.3 is 4.42 Å². The molecule has 0 radical (unpaired) electrons. The molecule has 0 atom stereocenters. The molecule has 19 heavy (non-hydrogen) atoms. The summed E-state index contributed by atoms with van der Waals surface area (Å²) in [5, 5.41) is 14.3. The molecule has 0 aliphatic heterocycles. The average Bonchev–Trinajstić information content (AvgIpc) is 2.89. The first-order chi connectivity index (χ1) is 9.16. The third kappa shape index (κ3) is 3.46. The molecule has 0 aliphatic carbocycles. The second-order valence-corrected chi connectivity index (χ2v) is 3.91. The number of hydrogen-bond donors (Lipinski definition) is 1. The summed E-state index contributed by atoms with van der Waals surface area (Å²) < 4.78 is 4.90. The number of thiocarbonyl (C=S) groups is 1. The molecule has 0 spiro atoms. The number of rotatable bonds is 4. The zero-order valence-electron chi connectivity index (χ0n) is 9.65. The first-order valence-electron chi connectivity index (χ1n) is 5.29. The second kappa shape index (κ2) is 5.87. The van der Waals surface area contributed by atoms with Crippen molar-refractivity contribution in [3.05, 3.63) is 63.9 Å². The molecule has 0 saturated heterocycles. The Morgan fingerprint density at radius 3 is 2.68 bits per heavy atom. The first-order valence-corrected chi connectivity index (χ1v) is 5.70. The fourth-order valence-electron chi connectivity index (χ4n) is 1.32. The molecule has 0 amide bonds. The number of nitro groups is 1. The van der Waals surface area contributed by atoms with E-state index in [2.05, 4.69) is 10.5 Å². The molecule has 1 aromatic heterocycles. The maximum absolute atomic E-state index is 10.4. The number of nitrogens with one attached hydrogen (secondary N) is 1. The molecule has 96 valence electrons. The lowest BCUT2D eigenvalue weighted by atomic mass is 10.2. The molecule has 7 heteroatoms. The maximum atomic E-state index is 10.4. The van der Waals surface area contributed by atoms with Crippen molar-refractivity contribution in [1.82, 2.24) is 5.43 Å². The molecule has 6 nitrogen and oxygen atoms in total. The lowest BCUT2D eigenvalue weighted by Crippen LogP contribution is -2.15. The third-order valence-corrected chi connectivity index (χ3v) is 2.51. The highest BCUT2D eigenvalue weighted by molar-refractivity contribution is 7.80. The average molecular weight is 275 g/mol. The molecular weight excluding hydrogens is 266 g/mol. The van der Waals surface area contributed by atoms with Crippen molar-refractivity contribution in [3.63, 3.8) is 0 Å². The molecular formula is C12H9N3O3S. The van der Waals surface area contributed by atoms with Crippen molar-refractivity contribution < 1.29 is 9.34 Å². The molecule has 1 heterocycles. The largest absolute Gasteiger partial charge is 0.433 e. The number of hydrogen-bond acceptors (Lipinski definition) is 5. The number of furan rings is 1. The number of benzene rings is 1. The highest BCUT2D eigenvalue weighted by atomic mass is 32.1. The summed E-state index contributed by atoms with van der Waals surface area (Å²) in [5.74, 6) is -0.0536. The van der Waals surface area contributed by atoms with Gasteiger partial charge in [-0.3, -0.25) is 15.5 Å². The van der Waals surface area contributed by atoms with Gasteiger partial charge in [0.1, 0.15) is 9.91 Å². The Morgan fingerprint density at radius 2 is 2.05 bits per heavy atom. The van der Waals surface area contributed by atoms with Gasteiger partial charge in [-0.05, 0) is 6.07 Å². The fraction of sp³-hybridized carbons (Fsp3) is 0. The Bertz CT molecular complexity index is 622. The summed E-state index contributed by atoms with van der Waals surface area (Å²) in [5.41, 5.74) is 3.49. The van der Waals surface area contributed by atoms with Gasteiger partial charge in [0.2, 0.25) is 0 Å². The molecule has 0 fully saturated rings. The van der Waals surface area contributed by atoms with E-state index in [1.54, 1.807) is 0 Å². The van der Waals surface area contributed by atoms with E-state index in [9.17, 15) is 10.1 Å². The summed E-state index contributed by atoms with van der Waals surface area (Å²) >= 11 is 5.12. The summed E-state index contributed by atoms with van der Waals surface area (Å²) in [6.07, 6.45) is 1.32. The minimum atomic E-state index is -0.612. The van der Waals surface area contributed by atoms with E-state index in [1.165, 1.54) is 18.3 Å². The third-order valence-electron chi connectivity index (χ3n) is 2.19. The summed E-state index contributed by atoms with van der Waals surface area (Å²) in [6, 6.07) is 12.0. The van der Waals surface area contributed by atoms with Gasteiger partial charge in [0.15, 0.2) is 5.76 Å². The van der Waals surface area contributed by atoms with Crippen LogP contribution in [0.5, 0.6) is 0 Å². The molecule has 2 aromatic rings. The minimum Gasteiger partial charge on any atom is -0.400 e. The van der Waals surface area contributed by atoms with Gasteiger partial charge in [0, 0.05) is 5.56 Å². The van der Waals surface area contributed by atoms with Crippen LogP contribution in [0, 0.1) is 10.1 Å². The topological polar surface area (TPSA) is 80.7 Å². The lowest BCUT2D eigenvalue weighted by Gasteiger charge is -2.01. The number of hydrazone groups is 1. The van der Waals surface area contributed by atoms with Crippen LogP contribution in [0.1, 0.15) is 11.3 Å². The monoisotopic (exact) mass is 275 g/mol. The molecule has 0 aliphatic rings. The molecule has 1 N–H and O–H groups in total. The Balaban J connectivity index is 1.96. The highest BCUT2D eigenvalue weighted by Crippen LogP contribution is 2.13. The highest BCUT2D eigenvalue weighted by Gasteiger charge is 2.10. The van der Waals surface area contributed by atoms with Crippen molar-refractivity contribution in [2.75, 3.05) is 0 Å². The normalized spacial score (nSPS) is 10.5. The van der Waals surface area contributed by atoms with Crippen LogP contribution in [-0.4, -0.2) is 16.1 Å². The molecule has 2 rings (SSSR count). The van der Waals surface area contributed by atoms with Gasteiger partial charge in [-0.2, -0.15) is 5.10 Å². The smallest absolute Gasteiger partial charge is 0.400 e. The van der Waals surface area contributed by atoms with E-state index in [4.69, 9.17) is 16.6 Å². The van der Waals surface area contributed by atoms with Crippen LogP contribution in [-0.2, 0) is 0 Å². The van der Waals surface area contributed by atoms with Crippen LogP contribution in [0.2, 0.25) is 0 Å². The predicted octanol–water partition coefficient (Wildman–Crippen LogP) is 2.49. The zero-order valence-corrected chi connectivity index (χ0v) is 10.5. The summed E-state index contributed by atoms with van der Waals surface area (Å²) in [7, 11) is 0. The molecule has 0 saturated carbocycles. The van der Waals surface area contributed by atoms with Gasteiger partial charge in [-0.1, -0.05) is 42.5 Å². The Labute approximate surface area is 113 Å². The SMILES string of the molecule is O=[N+]([O-])c1ccc(/C=N/NC(=S)c2ccccc2)o1. The van der Waals surface area contributed by atoms with Gasteiger partial charge in [-0.25, -0.2) is 0 Å². The predicted molar refractivity (Wildman–Crippen MR) is 74.2 cm³/mol. The van der Waals surface area contributed by atoms with Crippen molar-refractivity contribution >= 4 is 29.3 Å². The van der Waals surface area contributed by atoms with Crippen molar-refractivity contribution in [2.45, 2.75) is 0 Å². The Hall–Kier alpha value is -2.54. The maximum Gasteiger partial charge on any atom is 0.433 e. The van der Waals surface area contributed by atoms with E-state index in [0.29, 0.717) is 4.99 Å². The van der Waals surface area contributed by atoms with Gasteiger partial charge >= 0.3 is 5.88 Å². The molecule has 0 unspecified atom stereocenters. The van der Waals surface area contributed by atoms with Crippen molar-refractivity contribution in [1.29, 1.82) is 0 Å². The van der Waals surface area contributed by atoms with Crippen LogP contribution in [0.3, 0.4) is 0 Å². The second-order valence-electron chi connectivity index (χ2n) is 3.50. The van der Waals surface area contributed by atoms with Crippen molar-refractivity contribution in [3.8, 4) is 0 Å². The minimum absolute atomic E-state index is 0.273. The molecule has 0 bridgehead atoms. The summed E-state index contributed by atoms with van der Waals surface area (Å²) in [4.78, 5) is 10.3. The first kappa shape index (κ1) is 12.9. The van der Waals surface area contributed by atoms with Crippen LogP contribution < -0.4 is 5.43 Å². The van der Waals surface area contributed by atoms with Gasteiger partial charge in [0.25, 0.3) is 0 Å². The Morgan fingerprint density at radius 1 is 1.32 bits per heavy atom.